The molecule has 1 unspecified atom stereocenters. The summed E-state index contributed by atoms with van der Waals surface area (Å²) in [6, 6.07) is 12.3. The Labute approximate surface area is 357 Å². The van der Waals surface area contributed by atoms with Crippen molar-refractivity contribution in [2.75, 3.05) is 11.9 Å². The summed E-state index contributed by atoms with van der Waals surface area (Å²) in [5, 5.41) is 33.5. The first-order chi connectivity index (χ1) is 28.1. The smallest absolute Gasteiger partial charge is 0.408 e. The maximum absolute atomic E-state index is 14.1. The molecule has 1 aliphatic rings. The number of nitrogens with one attached hydrogen (secondary N) is 4. The molecule has 0 radical (unpaired) electrons. The molecule has 15 nitrogen and oxygen atoms in total. The van der Waals surface area contributed by atoms with E-state index in [0.717, 1.165) is 27.3 Å². The third-order valence-corrected chi connectivity index (χ3v) is 11.2. The van der Waals surface area contributed by atoms with Gasteiger partial charge in [0.05, 0.1) is 28.2 Å². The number of nitrogens with zero attached hydrogens (tertiary/aromatic N) is 2. The van der Waals surface area contributed by atoms with Crippen LogP contribution in [0, 0.1) is 12.3 Å². The Morgan fingerprint density at radius 3 is 2.32 bits per heavy atom. The van der Waals surface area contributed by atoms with Crippen LogP contribution in [0.1, 0.15) is 110 Å². The predicted octanol–water partition coefficient (Wildman–Crippen LogP) is 5.09. The fraction of sp³-hybridized carbons (Fsp3) is 0.545. The van der Waals surface area contributed by atoms with Gasteiger partial charge in [0.2, 0.25) is 23.6 Å². The van der Waals surface area contributed by atoms with Crippen LogP contribution in [-0.2, 0) is 30.3 Å². The van der Waals surface area contributed by atoms with Crippen molar-refractivity contribution in [2.24, 2.45) is 11.1 Å². The zero-order valence-electron chi connectivity index (χ0n) is 36.0. The number of anilines is 1. The number of rotatable bonds is 18. The van der Waals surface area contributed by atoms with Crippen LogP contribution in [0.2, 0.25) is 0 Å². The molecule has 0 aliphatic carbocycles. The number of thiazole rings is 1. The molecule has 16 heteroatoms. The first-order valence-electron chi connectivity index (χ1n) is 20.5. The average molecular weight is 850 g/mol. The summed E-state index contributed by atoms with van der Waals surface area (Å²) in [4.78, 5) is 71.3. The van der Waals surface area contributed by atoms with E-state index in [1.54, 1.807) is 50.3 Å². The van der Waals surface area contributed by atoms with E-state index in [0.29, 0.717) is 24.9 Å². The monoisotopic (exact) mass is 849 g/mol. The highest BCUT2D eigenvalue weighted by atomic mass is 32.1. The lowest BCUT2D eigenvalue weighted by Crippen LogP contribution is -2.58. The normalized spacial score (nSPS) is 17.6. The van der Waals surface area contributed by atoms with E-state index in [2.05, 4.69) is 26.3 Å². The average Bonchev–Trinajstić information content (AvgIpc) is 3.77. The summed E-state index contributed by atoms with van der Waals surface area (Å²) in [7, 11) is 0. The van der Waals surface area contributed by atoms with E-state index >= 15 is 0 Å². The lowest BCUT2D eigenvalue weighted by atomic mass is 9.85. The molecule has 60 heavy (non-hydrogen) atoms. The van der Waals surface area contributed by atoms with Gasteiger partial charge in [0, 0.05) is 31.1 Å². The molecule has 5 amide bonds. The topological polar surface area (TPSA) is 225 Å². The number of hydrogen-bond donors (Lipinski definition) is 7. The SMILES string of the molecule is Cc1ncsc1-c1ccc([C@H](C)NC(O)[C@@H]2C[C@@H](O)CN2C(=O)[C@@H](NC(=O)CCCCc2cccc(NC(=O)[C@H](CCC(N)=O)NC(=O)OC(C)(C)C)c2)C(C)(C)C)cc1. The minimum atomic E-state index is -1.13. The zero-order chi connectivity index (χ0) is 44.4. The number of carbonyl (C=O) groups is 5. The van der Waals surface area contributed by atoms with Crippen LogP contribution in [-0.4, -0.2) is 92.4 Å². The van der Waals surface area contributed by atoms with Crippen LogP contribution in [0.4, 0.5) is 10.5 Å². The number of aromatic nitrogens is 1. The van der Waals surface area contributed by atoms with Gasteiger partial charge in [-0.2, -0.15) is 0 Å². The van der Waals surface area contributed by atoms with Crippen molar-refractivity contribution in [3.8, 4) is 10.4 Å². The molecule has 3 aromatic rings. The predicted molar refractivity (Wildman–Crippen MR) is 232 cm³/mol. The highest BCUT2D eigenvalue weighted by molar-refractivity contribution is 7.13. The highest BCUT2D eigenvalue weighted by Gasteiger charge is 2.44. The van der Waals surface area contributed by atoms with Gasteiger partial charge in [0.1, 0.15) is 23.9 Å². The molecule has 328 valence electrons. The second kappa shape index (κ2) is 21.1. The fourth-order valence-electron chi connectivity index (χ4n) is 7.06. The van der Waals surface area contributed by atoms with Gasteiger partial charge in [0.25, 0.3) is 0 Å². The van der Waals surface area contributed by atoms with E-state index in [4.69, 9.17) is 10.5 Å². The minimum Gasteiger partial charge on any atom is -0.444 e. The Morgan fingerprint density at radius 2 is 1.70 bits per heavy atom. The molecule has 2 heterocycles. The van der Waals surface area contributed by atoms with E-state index in [1.807, 2.05) is 70.5 Å². The number of primary amides is 1. The summed E-state index contributed by atoms with van der Waals surface area (Å²) >= 11 is 1.58. The van der Waals surface area contributed by atoms with Crippen molar-refractivity contribution in [1.29, 1.82) is 0 Å². The maximum Gasteiger partial charge on any atom is 0.408 e. The Morgan fingerprint density at radius 1 is 1.00 bits per heavy atom. The number of aliphatic hydroxyl groups is 2. The number of aliphatic hydroxyl groups excluding tert-OH is 2. The summed E-state index contributed by atoms with van der Waals surface area (Å²) < 4.78 is 5.28. The highest BCUT2D eigenvalue weighted by Crippen LogP contribution is 2.30. The first kappa shape index (κ1) is 47.8. The fourth-order valence-corrected chi connectivity index (χ4v) is 7.87. The molecule has 0 saturated carbocycles. The number of amides is 5. The summed E-state index contributed by atoms with van der Waals surface area (Å²) in [6.07, 6.45) is -0.741. The van der Waals surface area contributed by atoms with Gasteiger partial charge in [-0.05, 0) is 101 Å². The Balaban J connectivity index is 1.30. The summed E-state index contributed by atoms with van der Waals surface area (Å²) in [6.45, 7) is 14.6. The van der Waals surface area contributed by atoms with Gasteiger partial charge >= 0.3 is 6.09 Å². The van der Waals surface area contributed by atoms with Crippen molar-refractivity contribution < 1.29 is 38.9 Å². The van der Waals surface area contributed by atoms with Gasteiger partial charge in [-0.15, -0.1) is 11.3 Å². The zero-order valence-corrected chi connectivity index (χ0v) is 36.9. The number of ether oxygens (including phenoxy) is 1. The van der Waals surface area contributed by atoms with Gasteiger partial charge in [0.15, 0.2) is 0 Å². The first-order valence-corrected chi connectivity index (χ1v) is 21.4. The second-order valence-electron chi connectivity index (χ2n) is 17.6. The molecule has 0 spiro atoms. The number of benzene rings is 2. The molecular formula is C44H63N7O8S. The van der Waals surface area contributed by atoms with Crippen LogP contribution in [0.15, 0.2) is 54.0 Å². The van der Waals surface area contributed by atoms with Crippen molar-refractivity contribution in [3.05, 3.63) is 70.9 Å². The number of likely N-dealkylation sites (tertiary alicyclic amines) is 1. The van der Waals surface area contributed by atoms with Gasteiger partial charge in [-0.25, -0.2) is 9.78 Å². The number of hydrogen-bond acceptors (Lipinski definition) is 11. The molecule has 1 saturated heterocycles. The molecule has 0 bridgehead atoms. The van der Waals surface area contributed by atoms with Crippen LogP contribution in [0.25, 0.3) is 10.4 Å². The standard InChI is InChI=1S/C44H63N7O8S/c1-26(29-16-18-30(19-17-29)37-27(2)46-25-60-37)47-40(56)34-23-32(52)24-51(34)41(57)38(43(3,4)5)50-36(54)15-10-9-12-28-13-11-14-31(22-28)48-39(55)33(20-21-35(45)53)49-42(58)59-44(6,7)8/h11,13-14,16-19,22,25-26,32-34,38,40,47,52,56H,9-10,12,15,20-21,23-24H2,1-8H3,(H2,45,53)(H,48,55)(H,49,58)(H,50,54)/t26-,32+,33-,34-,38+,40?/m0/s1. The van der Waals surface area contributed by atoms with Gasteiger partial charge in [-0.1, -0.05) is 57.2 Å². The number of carbonyl (C=O) groups excluding carboxylic acids is 5. The van der Waals surface area contributed by atoms with Crippen molar-refractivity contribution >= 4 is 46.7 Å². The molecule has 6 atom stereocenters. The quantitative estimate of drug-likeness (QED) is 0.0663. The van der Waals surface area contributed by atoms with Crippen molar-refractivity contribution in [3.63, 3.8) is 0 Å². The van der Waals surface area contributed by atoms with Crippen molar-refractivity contribution in [1.82, 2.24) is 25.8 Å². The van der Waals surface area contributed by atoms with E-state index in [-0.39, 0.29) is 50.1 Å². The molecule has 2 aromatic carbocycles. The van der Waals surface area contributed by atoms with Crippen LogP contribution >= 0.6 is 11.3 Å². The third kappa shape index (κ3) is 14.4. The van der Waals surface area contributed by atoms with Crippen LogP contribution in [0.3, 0.4) is 0 Å². The molecule has 1 aromatic heterocycles. The number of unbranched alkanes of at least 4 members (excludes halogenated alkanes) is 1. The maximum atomic E-state index is 14.1. The van der Waals surface area contributed by atoms with E-state index in [9.17, 15) is 34.2 Å². The molecule has 1 aliphatic heterocycles. The third-order valence-electron chi connectivity index (χ3n) is 10.2. The second-order valence-corrected chi connectivity index (χ2v) is 18.5. The molecule has 1 fully saturated rings. The summed E-state index contributed by atoms with van der Waals surface area (Å²) in [5.41, 5.74) is 10.0. The van der Waals surface area contributed by atoms with Crippen LogP contribution in [0.5, 0.6) is 0 Å². The molecule has 8 N–H and O–H groups in total. The molecular weight excluding hydrogens is 787 g/mol. The Hall–Kier alpha value is -4.90. The number of alkyl carbamates (subject to hydrolysis) is 1. The Bertz CT molecular complexity index is 1940. The largest absolute Gasteiger partial charge is 0.444 e. The minimum absolute atomic E-state index is 0.00625. The lowest BCUT2D eigenvalue weighted by molar-refractivity contribution is -0.142. The van der Waals surface area contributed by atoms with Gasteiger partial charge in [-0.3, -0.25) is 24.5 Å². The van der Waals surface area contributed by atoms with E-state index < -0.39 is 59.4 Å². The van der Waals surface area contributed by atoms with Gasteiger partial charge < -0.3 is 41.5 Å². The van der Waals surface area contributed by atoms with Crippen LogP contribution < -0.4 is 27.0 Å². The lowest BCUT2D eigenvalue weighted by Gasteiger charge is -2.37. The number of nitrogens with two attached hydrogens (primary N) is 1. The molecule has 4 rings (SSSR count). The Kier molecular flexibility index (Phi) is 16.8. The summed E-state index contributed by atoms with van der Waals surface area (Å²) in [5.74, 6) is -1.79. The van der Waals surface area contributed by atoms with Crippen molar-refractivity contribution in [2.45, 2.75) is 142 Å². The van der Waals surface area contributed by atoms with E-state index in [1.165, 1.54) is 4.90 Å². The number of aryl methyl sites for hydroxylation is 2. The number of β-amino-alcohol motifs (C(OH)–C–C–N with tert-alkyl or cyclic N) is 1.